The highest BCUT2D eigenvalue weighted by molar-refractivity contribution is 5.71. The molecule has 1 aromatic carbocycles. The summed E-state index contributed by atoms with van der Waals surface area (Å²) in [6, 6.07) is 4.37. The number of ether oxygens (including phenoxy) is 2. The van der Waals surface area contributed by atoms with Crippen LogP contribution in [0.3, 0.4) is 0 Å². The second kappa shape index (κ2) is 3.06. The number of hydrogen-bond donors (Lipinski definition) is 1. The van der Waals surface area contributed by atoms with Gasteiger partial charge in [-0.05, 0) is 43.2 Å². The summed E-state index contributed by atoms with van der Waals surface area (Å²) in [6.45, 7) is 0. The van der Waals surface area contributed by atoms with Crippen LogP contribution in [0.15, 0.2) is 35.6 Å². The van der Waals surface area contributed by atoms with Gasteiger partial charge < -0.3 is 14.6 Å². The molecule has 2 fully saturated rings. The Morgan fingerprint density at radius 3 is 3.05 bits per heavy atom. The third-order valence-electron chi connectivity index (χ3n) is 6.70. The second-order valence-electron chi connectivity index (χ2n) is 7.28. The van der Waals surface area contributed by atoms with Crippen LogP contribution in [0.25, 0.3) is 0 Å². The molecule has 2 heterocycles. The Balaban J connectivity index is 1.72. The predicted octanol–water partition coefficient (Wildman–Crippen LogP) is 1.87. The molecule has 2 aliphatic heterocycles. The minimum absolute atomic E-state index is 0.126. The molecule has 2 bridgehead atoms. The van der Waals surface area contributed by atoms with Crippen molar-refractivity contribution in [1.82, 2.24) is 4.90 Å². The average molecular weight is 295 g/mol. The molecule has 3 aliphatic carbocycles. The maximum atomic E-state index is 10.3. The van der Waals surface area contributed by atoms with Crippen LogP contribution < -0.4 is 4.74 Å². The van der Waals surface area contributed by atoms with Gasteiger partial charge in [-0.15, -0.1) is 0 Å². The summed E-state index contributed by atoms with van der Waals surface area (Å²) >= 11 is 0. The zero-order chi connectivity index (χ0) is 14.9. The molecule has 5 aliphatic rings. The highest BCUT2D eigenvalue weighted by Crippen LogP contribution is 2.73. The predicted molar refractivity (Wildman–Crippen MR) is 80.0 cm³/mol. The fourth-order valence-electron chi connectivity index (χ4n) is 5.86. The molecule has 1 N–H and O–H groups in total. The summed E-state index contributed by atoms with van der Waals surface area (Å²) < 4.78 is 11.9. The van der Waals surface area contributed by atoms with Gasteiger partial charge in [-0.25, -0.2) is 0 Å². The summed E-state index contributed by atoms with van der Waals surface area (Å²) in [7, 11) is 3.93. The van der Waals surface area contributed by atoms with Gasteiger partial charge in [-0.1, -0.05) is 12.1 Å². The molecule has 4 nitrogen and oxygen atoms in total. The molecule has 1 aromatic rings. The van der Waals surface area contributed by atoms with Crippen LogP contribution in [0.2, 0.25) is 0 Å². The van der Waals surface area contributed by atoms with Crippen LogP contribution in [-0.4, -0.2) is 41.8 Å². The molecular weight excluding hydrogens is 278 g/mol. The molecule has 0 aromatic heterocycles. The lowest BCUT2D eigenvalue weighted by atomic mass is 9.64. The normalized spacial score (nSPS) is 44.5. The number of allylic oxidation sites excluding steroid dienone is 2. The van der Waals surface area contributed by atoms with E-state index in [0.29, 0.717) is 11.8 Å². The largest absolute Gasteiger partial charge is 0.504 e. The SMILES string of the molecule is COC1=CC=C2C3[N@@](C)[C@@]34Cc3ccc(O)c5c3[C@@]2(C4)C1O5. The molecule has 1 saturated carbocycles. The van der Waals surface area contributed by atoms with Crippen molar-refractivity contribution in [3.8, 4) is 11.5 Å². The van der Waals surface area contributed by atoms with E-state index in [0.717, 1.165) is 18.6 Å². The molecule has 5 atom stereocenters. The average Bonchev–Trinajstić information content (AvgIpc) is 2.85. The van der Waals surface area contributed by atoms with E-state index in [-0.39, 0.29) is 22.8 Å². The van der Waals surface area contributed by atoms with Crippen molar-refractivity contribution in [2.24, 2.45) is 0 Å². The lowest BCUT2D eigenvalue weighted by Gasteiger charge is -2.41. The molecule has 4 heteroatoms. The first-order valence-electron chi connectivity index (χ1n) is 7.85. The maximum absolute atomic E-state index is 10.3. The molecule has 0 radical (unpaired) electrons. The first kappa shape index (κ1) is 11.6. The number of rotatable bonds is 1. The lowest BCUT2D eigenvalue weighted by molar-refractivity contribution is 0.105. The van der Waals surface area contributed by atoms with Gasteiger partial charge in [0.2, 0.25) is 0 Å². The van der Waals surface area contributed by atoms with E-state index in [9.17, 15) is 5.11 Å². The fraction of sp³-hybridized carbons (Fsp3) is 0.444. The molecule has 0 amide bonds. The molecule has 22 heavy (non-hydrogen) atoms. The van der Waals surface area contributed by atoms with Gasteiger partial charge in [0.25, 0.3) is 0 Å². The van der Waals surface area contributed by atoms with Crippen molar-refractivity contribution < 1.29 is 14.6 Å². The molecule has 2 spiro atoms. The van der Waals surface area contributed by atoms with Gasteiger partial charge in [0.15, 0.2) is 17.6 Å². The minimum atomic E-state index is -0.127. The van der Waals surface area contributed by atoms with Gasteiger partial charge in [-0.3, -0.25) is 4.90 Å². The van der Waals surface area contributed by atoms with E-state index in [1.807, 2.05) is 0 Å². The van der Waals surface area contributed by atoms with Crippen molar-refractivity contribution in [3.63, 3.8) is 0 Å². The summed E-state index contributed by atoms with van der Waals surface area (Å²) in [4.78, 5) is 2.50. The summed E-state index contributed by atoms with van der Waals surface area (Å²) in [5.74, 6) is 1.80. The molecule has 2 unspecified atom stereocenters. The number of piperidine rings is 1. The number of likely N-dealkylation sites (tertiary alicyclic amines) is 1. The van der Waals surface area contributed by atoms with Crippen LogP contribution in [0.5, 0.6) is 11.5 Å². The van der Waals surface area contributed by atoms with Gasteiger partial charge >= 0.3 is 0 Å². The Bertz CT molecular complexity index is 826. The Kier molecular flexibility index (Phi) is 1.61. The van der Waals surface area contributed by atoms with E-state index in [1.165, 1.54) is 16.7 Å². The lowest BCUT2D eigenvalue weighted by Crippen LogP contribution is -2.47. The van der Waals surface area contributed by atoms with E-state index in [2.05, 4.69) is 30.2 Å². The number of hydrogen-bond acceptors (Lipinski definition) is 4. The smallest absolute Gasteiger partial charge is 0.169 e. The maximum Gasteiger partial charge on any atom is 0.169 e. The number of nitrogens with zero attached hydrogens (tertiary/aromatic N) is 1. The number of benzene rings is 1. The zero-order valence-electron chi connectivity index (χ0n) is 12.6. The number of fused-ring (bicyclic) bond motifs is 1. The third-order valence-corrected chi connectivity index (χ3v) is 6.70. The Hall–Kier alpha value is -1.94. The van der Waals surface area contributed by atoms with Crippen molar-refractivity contribution in [2.45, 2.75) is 35.9 Å². The number of phenolic OH excluding ortho intramolecular Hbond substituents is 1. The standard InChI is InChI=1S/C18H17NO3/c1-19-15-10-4-6-12(21-2)16-18(10)8-17(15,19)7-9-3-5-11(20)14(22-16)13(9)18/h3-6,15-16,20H,7-8H2,1-2H3/t15?,16?,17-,18+,19-/m1/s1. The number of phenols is 1. The number of aromatic hydroxyl groups is 1. The molecule has 112 valence electrons. The Labute approximate surface area is 128 Å². The first-order chi connectivity index (χ1) is 10.6. The Morgan fingerprint density at radius 1 is 1.36 bits per heavy atom. The van der Waals surface area contributed by atoms with Crippen LogP contribution in [0.1, 0.15) is 17.5 Å². The zero-order valence-corrected chi connectivity index (χ0v) is 12.6. The van der Waals surface area contributed by atoms with E-state index in [4.69, 9.17) is 9.47 Å². The monoisotopic (exact) mass is 295 g/mol. The van der Waals surface area contributed by atoms with Crippen LogP contribution in [0.4, 0.5) is 0 Å². The van der Waals surface area contributed by atoms with E-state index in [1.54, 1.807) is 13.2 Å². The van der Waals surface area contributed by atoms with Crippen LogP contribution in [0, 0.1) is 0 Å². The van der Waals surface area contributed by atoms with Crippen molar-refractivity contribution in [1.29, 1.82) is 0 Å². The van der Waals surface area contributed by atoms with Gasteiger partial charge in [-0.2, -0.15) is 0 Å². The number of likely N-dealkylation sites (N-methyl/N-ethyl adjacent to an activating group) is 1. The first-order valence-corrected chi connectivity index (χ1v) is 7.85. The summed E-state index contributed by atoms with van der Waals surface area (Å²) in [5.41, 5.74) is 4.12. The van der Waals surface area contributed by atoms with Crippen LogP contribution >= 0.6 is 0 Å². The van der Waals surface area contributed by atoms with Crippen molar-refractivity contribution >= 4 is 0 Å². The molecular formula is C18H17NO3. The van der Waals surface area contributed by atoms with Crippen molar-refractivity contribution in [3.05, 3.63) is 46.7 Å². The topological polar surface area (TPSA) is 41.7 Å². The van der Waals surface area contributed by atoms with Crippen LogP contribution in [-0.2, 0) is 16.6 Å². The van der Waals surface area contributed by atoms with E-state index < -0.39 is 0 Å². The summed E-state index contributed by atoms with van der Waals surface area (Å²) in [6.07, 6.45) is 6.28. The van der Waals surface area contributed by atoms with Crippen molar-refractivity contribution in [2.75, 3.05) is 14.2 Å². The quantitative estimate of drug-likeness (QED) is 0.803. The fourth-order valence-corrected chi connectivity index (χ4v) is 5.86. The molecule has 6 rings (SSSR count). The minimum Gasteiger partial charge on any atom is -0.504 e. The van der Waals surface area contributed by atoms with Gasteiger partial charge in [0.05, 0.1) is 18.6 Å². The third kappa shape index (κ3) is 0.885. The highest BCUT2D eigenvalue weighted by Gasteiger charge is 2.79. The van der Waals surface area contributed by atoms with Gasteiger partial charge in [0, 0.05) is 11.1 Å². The Morgan fingerprint density at radius 2 is 2.23 bits per heavy atom. The highest BCUT2D eigenvalue weighted by atomic mass is 16.5. The van der Waals surface area contributed by atoms with Gasteiger partial charge in [0.1, 0.15) is 5.76 Å². The second-order valence-corrected chi connectivity index (χ2v) is 7.28. The summed E-state index contributed by atoms with van der Waals surface area (Å²) in [5, 5.41) is 10.3. The molecule has 1 saturated heterocycles. The number of methoxy groups -OCH3 is 1. The van der Waals surface area contributed by atoms with E-state index >= 15 is 0 Å².